The van der Waals surface area contributed by atoms with Gasteiger partial charge < -0.3 is 15.4 Å². The number of methoxy groups -OCH3 is 1. The van der Waals surface area contributed by atoms with Gasteiger partial charge in [0, 0.05) is 38.5 Å². The predicted octanol–water partition coefficient (Wildman–Crippen LogP) is 3.48. The minimum absolute atomic E-state index is 0.113. The van der Waals surface area contributed by atoms with E-state index >= 15 is 0 Å². The molecule has 0 saturated carbocycles. The Balaban J connectivity index is 1.81. The van der Waals surface area contributed by atoms with Gasteiger partial charge in [-0.2, -0.15) is 0 Å². The molecule has 5 nitrogen and oxygen atoms in total. The fourth-order valence-corrected chi connectivity index (χ4v) is 2.64. The van der Waals surface area contributed by atoms with Crippen LogP contribution in [0.2, 0.25) is 10.2 Å². The molecular weight excluding hydrogens is 359 g/mol. The number of rotatable bonds is 7. The van der Waals surface area contributed by atoms with Crippen molar-refractivity contribution in [3.05, 3.63) is 63.9 Å². The molecule has 25 heavy (non-hydrogen) atoms. The lowest BCUT2D eigenvalue weighted by atomic mass is 10.1. The standard InChI is InChI=1S/C18H22Cl2N4O/c1-21-18(22-9-8-13-6-7-17(20)23-11-13)24-12-16(25-2)14-4-3-5-15(19)10-14/h3-7,10-11,16H,8-9,12H2,1-2H3,(H2,21,22,24). The fraction of sp³-hybridized carbons (Fsp3) is 0.333. The van der Waals surface area contributed by atoms with Crippen molar-refractivity contribution in [1.29, 1.82) is 0 Å². The topological polar surface area (TPSA) is 58.5 Å². The third-order valence-electron chi connectivity index (χ3n) is 3.68. The summed E-state index contributed by atoms with van der Waals surface area (Å²) < 4.78 is 5.55. The van der Waals surface area contributed by atoms with E-state index in [1.54, 1.807) is 26.4 Å². The summed E-state index contributed by atoms with van der Waals surface area (Å²) >= 11 is 11.8. The molecule has 2 aromatic rings. The van der Waals surface area contributed by atoms with Crippen molar-refractivity contribution in [3.63, 3.8) is 0 Å². The number of pyridine rings is 1. The average molecular weight is 381 g/mol. The number of nitrogens with zero attached hydrogens (tertiary/aromatic N) is 2. The van der Waals surface area contributed by atoms with Crippen molar-refractivity contribution < 1.29 is 4.74 Å². The van der Waals surface area contributed by atoms with Crippen molar-refractivity contribution in [2.75, 3.05) is 27.2 Å². The number of aromatic nitrogens is 1. The molecule has 0 radical (unpaired) electrons. The lowest BCUT2D eigenvalue weighted by Crippen LogP contribution is -2.40. The number of ether oxygens (including phenoxy) is 1. The molecule has 0 aliphatic rings. The van der Waals surface area contributed by atoms with Crippen LogP contribution in [0.5, 0.6) is 0 Å². The highest BCUT2D eigenvalue weighted by molar-refractivity contribution is 6.30. The summed E-state index contributed by atoms with van der Waals surface area (Å²) in [5, 5.41) is 7.73. The highest BCUT2D eigenvalue weighted by atomic mass is 35.5. The summed E-state index contributed by atoms with van der Waals surface area (Å²) in [4.78, 5) is 8.30. The van der Waals surface area contributed by atoms with E-state index in [-0.39, 0.29) is 6.10 Å². The Hall–Kier alpha value is -1.82. The first-order valence-electron chi connectivity index (χ1n) is 7.95. The number of guanidine groups is 1. The quantitative estimate of drug-likeness (QED) is 0.438. The molecule has 1 aromatic carbocycles. The molecule has 0 aliphatic heterocycles. The molecule has 2 N–H and O–H groups in total. The second-order valence-corrected chi connectivity index (χ2v) is 6.22. The average Bonchev–Trinajstić information content (AvgIpc) is 2.62. The summed E-state index contributed by atoms with van der Waals surface area (Å²) in [5.41, 5.74) is 2.13. The van der Waals surface area contributed by atoms with E-state index in [0.29, 0.717) is 22.7 Å². The Morgan fingerprint density at radius 1 is 1.24 bits per heavy atom. The summed E-state index contributed by atoms with van der Waals surface area (Å²) in [6, 6.07) is 11.4. The number of nitrogens with one attached hydrogen (secondary N) is 2. The van der Waals surface area contributed by atoms with Crippen molar-refractivity contribution in [1.82, 2.24) is 15.6 Å². The van der Waals surface area contributed by atoms with Gasteiger partial charge in [0.2, 0.25) is 0 Å². The van der Waals surface area contributed by atoms with Crippen molar-refractivity contribution in [2.24, 2.45) is 4.99 Å². The summed E-state index contributed by atoms with van der Waals surface area (Å²) in [6.45, 7) is 1.32. The van der Waals surface area contributed by atoms with E-state index in [2.05, 4.69) is 20.6 Å². The summed E-state index contributed by atoms with van der Waals surface area (Å²) in [5.74, 6) is 0.714. The van der Waals surface area contributed by atoms with Gasteiger partial charge in [-0.15, -0.1) is 0 Å². The smallest absolute Gasteiger partial charge is 0.191 e. The first-order valence-corrected chi connectivity index (χ1v) is 8.71. The van der Waals surface area contributed by atoms with Gasteiger partial charge in [-0.05, 0) is 35.7 Å². The molecule has 1 aromatic heterocycles. The monoisotopic (exact) mass is 380 g/mol. The third kappa shape index (κ3) is 6.53. The van der Waals surface area contributed by atoms with Crippen molar-refractivity contribution >= 4 is 29.2 Å². The normalized spacial score (nSPS) is 12.7. The lowest BCUT2D eigenvalue weighted by Gasteiger charge is -2.19. The van der Waals surface area contributed by atoms with Crippen LogP contribution in [0.15, 0.2) is 47.6 Å². The number of benzene rings is 1. The molecule has 2 rings (SSSR count). The first kappa shape index (κ1) is 19.5. The molecule has 0 spiro atoms. The fourth-order valence-electron chi connectivity index (χ4n) is 2.33. The van der Waals surface area contributed by atoms with E-state index in [0.717, 1.165) is 24.1 Å². The number of hydrogen-bond acceptors (Lipinski definition) is 3. The molecule has 0 aliphatic carbocycles. The van der Waals surface area contributed by atoms with E-state index in [4.69, 9.17) is 27.9 Å². The van der Waals surface area contributed by atoms with Crippen LogP contribution in [0.25, 0.3) is 0 Å². The van der Waals surface area contributed by atoms with Gasteiger partial charge >= 0.3 is 0 Å². The van der Waals surface area contributed by atoms with Gasteiger partial charge in [0.15, 0.2) is 5.96 Å². The van der Waals surface area contributed by atoms with Gasteiger partial charge in [-0.3, -0.25) is 4.99 Å². The van der Waals surface area contributed by atoms with E-state index < -0.39 is 0 Å². The molecule has 134 valence electrons. The van der Waals surface area contributed by atoms with Gasteiger partial charge in [0.05, 0.1) is 6.10 Å². The third-order valence-corrected chi connectivity index (χ3v) is 4.14. The maximum Gasteiger partial charge on any atom is 0.191 e. The molecule has 0 saturated heterocycles. The van der Waals surface area contributed by atoms with Gasteiger partial charge in [-0.1, -0.05) is 41.4 Å². The van der Waals surface area contributed by atoms with Crippen LogP contribution in [0.4, 0.5) is 0 Å². The first-order chi connectivity index (χ1) is 12.1. The zero-order chi connectivity index (χ0) is 18.1. The minimum Gasteiger partial charge on any atom is -0.375 e. The predicted molar refractivity (Wildman–Crippen MR) is 104 cm³/mol. The Kier molecular flexibility index (Phi) is 7.98. The minimum atomic E-state index is -0.113. The van der Waals surface area contributed by atoms with Crippen LogP contribution < -0.4 is 10.6 Å². The molecular formula is C18H22Cl2N4O. The highest BCUT2D eigenvalue weighted by Gasteiger charge is 2.11. The molecule has 0 amide bonds. The maximum absolute atomic E-state index is 6.05. The lowest BCUT2D eigenvalue weighted by molar-refractivity contribution is 0.106. The second kappa shape index (κ2) is 10.2. The molecule has 0 fully saturated rings. The SMILES string of the molecule is CN=C(NCCc1ccc(Cl)nc1)NCC(OC)c1cccc(Cl)c1. The number of aliphatic imine (C=N–C) groups is 1. The van der Waals surface area contributed by atoms with E-state index in [1.807, 2.05) is 30.3 Å². The van der Waals surface area contributed by atoms with Gasteiger partial charge in [0.25, 0.3) is 0 Å². The van der Waals surface area contributed by atoms with Crippen molar-refractivity contribution in [3.8, 4) is 0 Å². The zero-order valence-corrected chi connectivity index (χ0v) is 15.8. The van der Waals surface area contributed by atoms with Crippen LogP contribution in [-0.4, -0.2) is 38.2 Å². The molecule has 1 heterocycles. The van der Waals surface area contributed by atoms with Crippen molar-refractivity contribution in [2.45, 2.75) is 12.5 Å². The van der Waals surface area contributed by atoms with Gasteiger partial charge in [0.1, 0.15) is 5.15 Å². The highest BCUT2D eigenvalue weighted by Crippen LogP contribution is 2.19. The molecule has 7 heteroatoms. The maximum atomic E-state index is 6.05. The van der Waals surface area contributed by atoms with Crippen LogP contribution in [-0.2, 0) is 11.2 Å². The Labute approximate surface area is 158 Å². The van der Waals surface area contributed by atoms with Crippen LogP contribution in [0, 0.1) is 0 Å². The Morgan fingerprint density at radius 2 is 2.08 bits per heavy atom. The molecule has 1 atom stereocenters. The summed E-state index contributed by atoms with van der Waals surface area (Å²) in [7, 11) is 3.41. The number of halogens is 2. The zero-order valence-electron chi connectivity index (χ0n) is 14.3. The second-order valence-electron chi connectivity index (χ2n) is 5.40. The molecule has 0 bridgehead atoms. The largest absolute Gasteiger partial charge is 0.375 e. The van der Waals surface area contributed by atoms with Crippen LogP contribution in [0.3, 0.4) is 0 Å². The Bertz CT molecular complexity index is 692. The van der Waals surface area contributed by atoms with E-state index in [1.165, 1.54) is 0 Å². The van der Waals surface area contributed by atoms with Crippen LogP contribution >= 0.6 is 23.2 Å². The van der Waals surface area contributed by atoms with E-state index in [9.17, 15) is 0 Å². The number of hydrogen-bond donors (Lipinski definition) is 2. The Morgan fingerprint density at radius 3 is 2.72 bits per heavy atom. The summed E-state index contributed by atoms with van der Waals surface area (Å²) in [6.07, 6.45) is 2.49. The molecule has 1 unspecified atom stereocenters. The van der Waals surface area contributed by atoms with Gasteiger partial charge in [-0.25, -0.2) is 4.98 Å². The van der Waals surface area contributed by atoms with Crippen LogP contribution in [0.1, 0.15) is 17.2 Å².